The van der Waals surface area contributed by atoms with E-state index in [0.29, 0.717) is 34.2 Å². The number of thioether (sulfide) groups is 1. The molecule has 2 N–H and O–H groups in total. The maximum atomic E-state index is 13.7. The number of hydrogen-bond acceptors (Lipinski definition) is 7. The maximum absolute atomic E-state index is 13.7. The number of para-hydroxylation sites is 2. The highest BCUT2D eigenvalue weighted by atomic mass is 32.2. The van der Waals surface area contributed by atoms with Crippen LogP contribution in [0, 0.1) is 0 Å². The van der Waals surface area contributed by atoms with Gasteiger partial charge in [0.25, 0.3) is 5.56 Å². The Morgan fingerprint density at radius 1 is 1.27 bits per heavy atom. The first-order valence-corrected chi connectivity index (χ1v) is 13.2. The highest BCUT2D eigenvalue weighted by Gasteiger charge is 2.23. The van der Waals surface area contributed by atoms with Crippen molar-refractivity contribution in [2.24, 2.45) is 5.14 Å². The van der Waals surface area contributed by atoms with Crippen molar-refractivity contribution in [3.05, 3.63) is 45.1 Å². The largest absolute Gasteiger partial charge is 0.495 e. The summed E-state index contributed by atoms with van der Waals surface area (Å²) in [6.45, 7) is 0. The topological polar surface area (TPSA) is 104 Å². The van der Waals surface area contributed by atoms with E-state index in [9.17, 15) is 13.2 Å². The van der Waals surface area contributed by atoms with Crippen LogP contribution in [-0.4, -0.2) is 36.6 Å². The van der Waals surface area contributed by atoms with Crippen LogP contribution in [0.25, 0.3) is 15.9 Å². The monoisotopic (exact) mass is 465 g/mol. The molecule has 0 bridgehead atoms. The Balaban J connectivity index is 1.85. The Morgan fingerprint density at radius 2 is 2.03 bits per heavy atom. The van der Waals surface area contributed by atoms with Crippen LogP contribution in [0.15, 0.2) is 34.2 Å². The van der Waals surface area contributed by atoms with Crippen LogP contribution in [0.2, 0.25) is 0 Å². The summed E-state index contributed by atoms with van der Waals surface area (Å²) in [6.07, 6.45) is 4.48. The van der Waals surface area contributed by atoms with Crippen molar-refractivity contribution in [2.45, 2.75) is 37.3 Å². The Labute approximate surface area is 183 Å². The zero-order valence-corrected chi connectivity index (χ0v) is 19.0. The van der Waals surface area contributed by atoms with Crippen molar-refractivity contribution >= 4 is 43.3 Å². The molecule has 7 nitrogen and oxygen atoms in total. The van der Waals surface area contributed by atoms with E-state index in [-0.39, 0.29) is 11.3 Å². The molecule has 0 aliphatic heterocycles. The van der Waals surface area contributed by atoms with Crippen molar-refractivity contribution in [1.82, 2.24) is 9.55 Å². The molecule has 10 heteroatoms. The first-order valence-electron chi connectivity index (χ1n) is 9.73. The lowest BCUT2D eigenvalue weighted by Crippen LogP contribution is -2.23. The number of hydrogen-bond donors (Lipinski definition) is 1. The fourth-order valence-corrected chi connectivity index (χ4v) is 6.71. The molecule has 0 radical (unpaired) electrons. The van der Waals surface area contributed by atoms with Crippen LogP contribution in [0.3, 0.4) is 0 Å². The molecule has 0 saturated carbocycles. The number of ether oxygens (including phenoxy) is 1. The molecule has 1 aliphatic rings. The summed E-state index contributed by atoms with van der Waals surface area (Å²) in [6, 6.07) is 7.35. The van der Waals surface area contributed by atoms with Gasteiger partial charge in [0.1, 0.15) is 10.6 Å². The number of benzene rings is 1. The number of nitrogens with two attached hydrogens (primary N) is 1. The summed E-state index contributed by atoms with van der Waals surface area (Å²) in [5.74, 6) is 0.958. The number of aromatic nitrogens is 2. The van der Waals surface area contributed by atoms with Crippen molar-refractivity contribution in [1.29, 1.82) is 0 Å². The predicted octanol–water partition coefficient (Wildman–Crippen LogP) is 3.11. The third kappa shape index (κ3) is 4.27. The summed E-state index contributed by atoms with van der Waals surface area (Å²) in [5.41, 5.74) is 1.66. The van der Waals surface area contributed by atoms with Crippen LogP contribution in [-0.2, 0) is 22.9 Å². The second kappa shape index (κ2) is 8.70. The van der Waals surface area contributed by atoms with Gasteiger partial charge in [-0.3, -0.25) is 9.36 Å². The molecule has 3 aromatic rings. The maximum Gasteiger partial charge on any atom is 0.267 e. The van der Waals surface area contributed by atoms with E-state index < -0.39 is 10.0 Å². The SMILES string of the molecule is COc1ccccc1-n1c(SCCCS(N)(=O)=O)nc2sc3c(c2c1=O)CCCC3. The molecule has 4 rings (SSSR count). The van der Waals surface area contributed by atoms with Gasteiger partial charge >= 0.3 is 0 Å². The zero-order chi connectivity index (χ0) is 21.3. The lowest BCUT2D eigenvalue weighted by atomic mass is 9.97. The fourth-order valence-electron chi connectivity index (χ4n) is 3.73. The molecule has 1 aromatic carbocycles. The molecule has 0 saturated heterocycles. The summed E-state index contributed by atoms with van der Waals surface area (Å²) in [4.78, 5) is 20.5. The van der Waals surface area contributed by atoms with Gasteiger partial charge in [-0.1, -0.05) is 23.9 Å². The molecule has 0 fully saturated rings. The van der Waals surface area contributed by atoms with Crippen molar-refractivity contribution in [2.75, 3.05) is 18.6 Å². The van der Waals surface area contributed by atoms with Crippen molar-refractivity contribution < 1.29 is 13.2 Å². The average molecular weight is 466 g/mol. The van der Waals surface area contributed by atoms with Crippen molar-refractivity contribution in [3.8, 4) is 11.4 Å². The number of fused-ring (bicyclic) bond motifs is 3. The number of nitrogens with zero attached hydrogens (tertiary/aromatic N) is 2. The van der Waals surface area contributed by atoms with Crippen LogP contribution in [0.1, 0.15) is 29.7 Å². The Hall–Kier alpha value is -1.88. The van der Waals surface area contributed by atoms with Gasteiger partial charge in [0, 0.05) is 10.6 Å². The van der Waals surface area contributed by atoms with Crippen LogP contribution in [0.4, 0.5) is 0 Å². The fraction of sp³-hybridized carbons (Fsp3) is 0.400. The third-order valence-corrected chi connectivity index (χ3v) is 8.16. The highest BCUT2D eigenvalue weighted by molar-refractivity contribution is 7.99. The van der Waals surface area contributed by atoms with E-state index >= 15 is 0 Å². The number of rotatable bonds is 7. The minimum Gasteiger partial charge on any atom is -0.495 e. The zero-order valence-electron chi connectivity index (χ0n) is 16.6. The number of methoxy groups -OCH3 is 1. The number of thiophene rings is 1. The molecular weight excluding hydrogens is 442 g/mol. The second-order valence-corrected chi connectivity index (χ2v) is 11.0. The van der Waals surface area contributed by atoms with Crippen LogP contribution in [0.5, 0.6) is 5.75 Å². The third-order valence-electron chi connectivity index (χ3n) is 5.09. The smallest absolute Gasteiger partial charge is 0.267 e. The average Bonchev–Trinajstić information content (AvgIpc) is 3.09. The van der Waals surface area contributed by atoms with Gasteiger partial charge in [-0.25, -0.2) is 18.5 Å². The van der Waals surface area contributed by atoms with Gasteiger partial charge in [-0.05, 0) is 49.8 Å². The quantitative estimate of drug-likeness (QED) is 0.327. The van der Waals surface area contributed by atoms with E-state index in [4.69, 9.17) is 14.9 Å². The van der Waals surface area contributed by atoms with Gasteiger partial charge < -0.3 is 4.74 Å². The van der Waals surface area contributed by atoms with Gasteiger partial charge in [-0.2, -0.15) is 0 Å². The molecule has 0 unspecified atom stereocenters. The molecule has 1 aliphatic carbocycles. The first kappa shape index (κ1) is 21.4. The Bertz CT molecular complexity index is 1250. The molecule has 2 aromatic heterocycles. The summed E-state index contributed by atoms with van der Waals surface area (Å²) in [5, 5.41) is 6.34. The minimum absolute atomic E-state index is 0.0992. The minimum atomic E-state index is -3.52. The predicted molar refractivity (Wildman–Crippen MR) is 122 cm³/mol. The van der Waals surface area contributed by atoms with Crippen LogP contribution < -0.4 is 15.4 Å². The van der Waals surface area contributed by atoms with Gasteiger partial charge in [0.05, 0.1) is 23.9 Å². The molecule has 0 amide bonds. The van der Waals surface area contributed by atoms with Gasteiger partial charge in [0.15, 0.2) is 5.16 Å². The Morgan fingerprint density at radius 3 is 2.80 bits per heavy atom. The number of aryl methyl sites for hydroxylation is 2. The summed E-state index contributed by atoms with van der Waals surface area (Å²) >= 11 is 2.96. The van der Waals surface area contributed by atoms with E-state index in [1.54, 1.807) is 23.0 Å². The summed E-state index contributed by atoms with van der Waals surface area (Å²) < 4.78 is 29.6. The van der Waals surface area contributed by atoms with Gasteiger partial charge in [0.2, 0.25) is 10.0 Å². The normalized spacial score (nSPS) is 14.1. The highest BCUT2D eigenvalue weighted by Crippen LogP contribution is 2.36. The Kier molecular flexibility index (Phi) is 6.19. The summed E-state index contributed by atoms with van der Waals surface area (Å²) in [7, 11) is -1.95. The standard InChI is InChI=1S/C20H23N3O4S3/c1-27-15-9-4-3-8-14(15)23-19(24)17-13-7-2-5-10-16(13)29-18(17)22-20(23)28-11-6-12-30(21,25)26/h3-4,8-9H,2,5-7,10-12H2,1H3,(H2,21,25,26). The lowest BCUT2D eigenvalue weighted by molar-refractivity contribution is 0.411. The molecular formula is C20H23N3O4S3. The molecule has 0 spiro atoms. The molecule has 2 heterocycles. The lowest BCUT2D eigenvalue weighted by Gasteiger charge is -2.15. The number of sulfonamides is 1. The van der Waals surface area contributed by atoms with Crippen LogP contribution >= 0.6 is 23.1 Å². The number of primary sulfonamides is 1. The molecule has 160 valence electrons. The van der Waals surface area contributed by atoms with Crippen molar-refractivity contribution in [3.63, 3.8) is 0 Å². The van der Waals surface area contributed by atoms with E-state index in [0.717, 1.165) is 36.1 Å². The first-order chi connectivity index (χ1) is 14.4. The second-order valence-electron chi connectivity index (χ2n) is 7.17. The molecule has 30 heavy (non-hydrogen) atoms. The van der Waals surface area contributed by atoms with Gasteiger partial charge in [-0.15, -0.1) is 11.3 Å². The molecule has 0 atom stereocenters. The van der Waals surface area contributed by atoms with E-state index in [1.807, 2.05) is 24.3 Å². The van der Waals surface area contributed by atoms with E-state index in [2.05, 4.69) is 0 Å². The van der Waals surface area contributed by atoms with E-state index in [1.165, 1.54) is 16.6 Å².